The fraction of sp³-hybridized carbons (Fsp3) is 0.409. The van der Waals surface area contributed by atoms with Crippen molar-refractivity contribution in [3.8, 4) is 11.5 Å². The maximum absolute atomic E-state index is 12.6. The molecule has 3 rings (SSSR count). The van der Waals surface area contributed by atoms with Gasteiger partial charge in [0.1, 0.15) is 0 Å². The fourth-order valence-corrected chi connectivity index (χ4v) is 3.63. The van der Waals surface area contributed by atoms with Crippen LogP contribution in [0.5, 0.6) is 11.5 Å². The molecule has 0 atom stereocenters. The SMILES string of the molecule is CCOc1c(Cl)cc(C(=O)Nc2ccc(N3CCC(C)CC3)cc2)cc1OC. The summed E-state index contributed by atoms with van der Waals surface area (Å²) in [5.74, 6) is 1.44. The largest absolute Gasteiger partial charge is 0.493 e. The van der Waals surface area contributed by atoms with Crippen LogP contribution in [-0.4, -0.2) is 32.7 Å². The van der Waals surface area contributed by atoms with E-state index in [0.29, 0.717) is 28.7 Å². The van der Waals surface area contributed by atoms with Crippen LogP contribution in [0.4, 0.5) is 11.4 Å². The van der Waals surface area contributed by atoms with E-state index in [2.05, 4.69) is 29.3 Å². The van der Waals surface area contributed by atoms with Crippen LogP contribution >= 0.6 is 11.6 Å². The summed E-state index contributed by atoms with van der Waals surface area (Å²) < 4.78 is 10.8. The number of piperidine rings is 1. The van der Waals surface area contributed by atoms with Gasteiger partial charge < -0.3 is 19.7 Å². The lowest BCUT2D eigenvalue weighted by Gasteiger charge is -2.32. The van der Waals surface area contributed by atoms with Gasteiger partial charge in [-0.2, -0.15) is 0 Å². The number of carbonyl (C=O) groups is 1. The molecule has 0 saturated carbocycles. The zero-order chi connectivity index (χ0) is 20.1. The second kappa shape index (κ2) is 9.20. The van der Waals surface area contributed by atoms with E-state index in [1.54, 1.807) is 12.1 Å². The quantitative estimate of drug-likeness (QED) is 0.718. The van der Waals surface area contributed by atoms with Crippen molar-refractivity contribution in [3.63, 3.8) is 0 Å². The van der Waals surface area contributed by atoms with Crippen LogP contribution < -0.4 is 19.7 Å². The van der Waals surface area contributed by atoms with Crippen molar-refractivity contribution in [3.05, 3.63) is 47.0 Å². The second-order valence-electron chi connectivity index (χ2n) is 7.09. The summed E-state index contributed by atoms with van der Waals surface area (Å²) in [5, 5.41) is 3.26. The van der Waals surface area contributed by atoms with Gasteiger partial charge in [-0.25, -0.2) is 0 Å². The van der Waals surface area contributed by atoms with Crippen molar-refractivity contribution in [1.82, 2.24) is 0 Å². The third kappa shape index (κ3) is 4.71. The van der Waals surface area contributed by atoms with Crippen molar-refractivity contribution >= 4 is 28.9 Å². The number of nitrogens with one attached hydrogen (secondary N) is 1. The Hall–Kier alpha value is -2.40. The zero-order valence-corrected chi connectivity index (χ0v) is 17.4. The molecule has 0 unspecified atom stereocenters. The molecule has 1 aliphatic rings. The average molecular weight is 403 g/mol. The Balaban J connectivity index is 1.70. The van der Waals surface area contributed by atoms with Crippen molar-refractivity contribution in [1.29, 1.82) is 0 Å². The highest BCUT2D eigenvalue weighted by atomic mass is 35.5. The predicted octanol–water partition coefficient (Wildman–Crippen LogP) is 5.24. The number of hydrogen-bond donors (Lipinski definition) is 1. The van der Waals surface area contributed by atoms with Gasteiger partial charge in [-0.1, -0.05) is 18.5 Å². The fourth-order valence-electron chi connectivity index (χ4n) is 3.36. The lowest BCUT2D eigenvalue weighted by atomic mass is 9.99. The molecule has 1 fully saturated rings. The number of anilines is 2. The molecule has 1 amide bonds. The Kier molecular flexibility index (Phi) is 6.68. The maximum atomic E-state index is 12.6. The predicted molar refractivity (Wildman–Crippen MR) is 114 cm³/mol. The normalized spacial score (nSPS) is 14.6. The number of amides is 1. The Morgan fingerprint density at radius 3 is 2.50 bits per heavy atom. The summed E-state index contributed by atoms with van der Waals surface area (Å²) in [4.78, 5) is 15.0. The summed E-state index contributed by atoms with van der Waals surface area (Å²) in [7, 11) is 1.52. The third-order valence-electron chi connectivity index (χ3n) is 5.05. The van der Waals surface area contributed by atoms with Crippen LogP contribution in [-0.2, 0) is 0 Å². The van der Waals surface area contributed by atoms with E-state index in [0.717, 1.165) is 24.7 Å². The van der Waals surface area contributed by atoms with Gasteiger partial charge in [0.25, 0.3) is 5.91 Å². The van der Waals surface area contributed by atoms with Crippen molar-refractivity contribution in [2.75, 3.05) is 37.0 Å². The van der Waals surface area contributed by atoms with Crippen LogP contribution in [0.1, 0.15) is 37.0 Å². The van der Waals surface area contributed by atoms with Gasteiger partial charge in [0.05, 0.1) is 18.7 Å². The van der Waals surface area contributed by atoms with E-state index in [9.17, 15) is 4.79 Å². The summed E-state index contributed by atoms with van der Waals surface area (Å²) in [6, 6.07) is 11.2. The van der Waals surface area contributed by atoms with Crippen molar-refractivity contribution in [2.24, 2.45) is 5.92 Å². The van der Waals surface area contributed by atoms with E-state index in [4.69, 9.17) is 21.1 Å². The van der Waals surface area contributed by atoms with E-state index in [-0.39, 0.29) is 5.91 Å². The molecule has 150 valence electrons. The summed E-state index contributed by atoms with van der Waals surface area (Å²) >= 11 is 6.27. The van der Waals surface area contributed by atoms with Gasteiger partial charge in [0.2, 0.25) is 0 Å². The molecule has 28 heavy (non-hydrogen) atoms. The van der Waals surface area contributed by atoms with Gasteiger partial charge in [0.15, 0.2) is 11.5 Å². The lowest BCUT2D eigenvalue weighted by molar-refractivity contribution is 0.102. The highest BCUT2D eigenvalue weighted by Crippen LogP contribution is 2.36. The topological polar surface area (TPSA) is 50.8 Å². The molecule has 6 heteroatoms. The molecule has 1 heterocycles. The highest BCUT2D eigenvalue weighted by Gasteiger charge is 2.17. The van der Waals surface area contributed by atoms with Crippen LogP contribution in [0, 0.1) is 5.92 Å². The molecular formula is C22H27ClN2O3. The summed E-state index contributed by atoms with van der Waals surface area (Å²) in [6.07, 6.45) is 2.44. The Morgan fingerprint density at radius 2 is 1.89 bits per heavy atom. The standard InChI is InChI=1S/C22H27ClN2O3/c1-4-28-21-19(23)13-16(14-20(21)27-3)22(26)24-17-5-7-18(8-6-17)25-11-9-15(2)10-12-25/h5-8,13-15H,4,9-12H2,1-3H3,(H,24,26). The maximum Gasteiger partial charge on any atom is 0.255 e. The van der Waals surface area contributed by atoms with E-state index < -0.39 is 0 Å². The third-order valence-corrected chi connectivity index (χ3v) is 5.34. The molecule has 0 aromatic heterocycles. The number of methoxy groups -OCH3 is 1. The van der Waals surface area contributed by atoms with Crippen molar-refractivity contribution < 1.29 is 14.3 Å². The van der Waals surface area contributed by atoms with Crippen LogP contribution in [0.3, 0.4) is 0 Å². The molecule has 1 N–H and O–H groups in total. The Bertz CT molecular complexity index is 815. The summed E-state index contributed by atoms with van der Waals surface area (Å²) in [5.41, 5.74) is 2.35. The Labute approximate surface area is 171 Å². The molecule has 0 aliphatic carbocycles. The molecule has 5 nitrogen and oxygen atoms in total. The van der Waals surface area contributed by atoms with Gasteiger partial charge in [-0.05, 0) is 62.1 Å². The molecule has 0 bridgehead atoms. The second-order valence-corrected chi connectivity index (χ2v) is 7.50. The number of ether oxygens (including phenoxy) is 2. The smallest absolute Gasteiger partial charge is 0.255 e. The first-order chi connectivity index (χ1) is 13.5. The zero-order valence-electron chi connectivity index (χ0n) is 16.6. The van der Waals surface area contributed by atoms with Crippen LogP contribution in [0.15, 0.2) is 36.4 Å². The van der Waals surface area contributed by atoms with Crippen LogP contribution in [0.2, 0.25) is 5.02 Å². The van der Waals surface area contributed by atoms with Crippen LogP contribution in [0.25, 0.3) is 0 Å². The molecule has 1 saturated heterocycles. The van der Waals surface area contributed by atoms with E-state index >= 15 is 0 Å². The minimum absolute atomic E-state index is 0.247. The first-order valence-electron chi connectivity index (χ1n) is 9.68. The van der Waals surface area contributed by atoms with Gasteiger partial charge in [-0.3, -0.25) is 4.79 Å². The minimum Gasteiger partial charge on any atom is -0.493 e. The lowest BCUT2D eigenvalue weighted by Crippen LogP contribution is -2.32. The summed E-state index contributed by atoms with van der Waals surface area (Å²) in [6.45, 7) is 6.79. The minimum atomic E-state index is -0.247. The molecule has 2 aromatic carbocycles. The number of carbonyl (C=O) groups excluding carboxylic acids is 1. The Morgan fingerprint density at radius 1 is 1.21 bits per heavy atom. The van der Waals surface area contributed by atoms with E-state index in [1.165, 1.54) is 25.6 Å². The number of hydrogen-bond acceptors (Lipinski definition) is 4. The number of benzene rings is 2. The number of nitrogens with zero attached hydrogens (tertiary/aromatic N) is 1. The molecule has 2 aromatic rings. The first kappa shape index (κ1) is 20.3. The van der Waals surface area contributed by atoms with E-state index in [1.807, 2.05) is 19.1 Å². The number of halogens is 1. The van der Waals surface area contributed by atoms with Crippen molar-refractivity contribution in [2.45, 2.75) is 26.7 Å². The molecule has 1 aliphatic heterocycles. The van der Waals surface area contributed by atoms with Gasteiger partial charge in [0, 0.05) is 30.0 Å². The first-order valence-corrected chi connectivity index (χ1v) is 10.1. The highest BCUT2D eigenvalue weighted by molar-refractivity contribution is 6.32. The van der Waals surface area contributed by atoms with Gasteiger partial charge in [-0.15, -0.1) is 0 Å². The van der Waals surface area contributed by atoms with Gasteiger partial charge >= 0.3 is 0 Å². The monoisotopic (exact) mass is 402 g/mol. The molecule has 0 radical (unpaired) electrons. The number of rotatable bonds is 6. The average Bonchev–Trinajstić information content (AvgIpc) is 2.70. The molecule has 0 spiro atoms. The molecular weight excluding hydrogens is 376 g/mol.